The van der Waals surface area contributed by atoms with E-state index in [0.717, 1.165) is 0 Å². The average molecular weight is 353 g/mol. The molecule has 0 atom stereocenters. The van der Waals surface area contributed by atoms with Gasteiger partial charge in [0.05, 0.1) is 18.2 Å². The van der Waals surface area contributed by atoms with Gasteiger partial charge in [0.15, 0.2) is 6.29 Å². The zero-order chi connectivity index (χ0) is 18.9. The van der Waals surface area contributed by atoms with Crippen LogP contribution in [0.15, 0.2) is 6.07 Å². The summed E-state index contributed by atoms with van der Waals surface area (Å²) in [6.07, 6.45) is 0.554. The van der Waals surface area contributed by atoms with Crippen LogP contribution in [0.25, 0.3) is 0 Å². The molecule has 0 aliphatic carbocycles. The van der Waals surface area contributed by atoms with Crippen LogP contribution in [0.3, 0.4) is 0 Å². The highest BCUT2D eigenvalue weighted by Gasteiger charge is 2.45. The van der Waals surface area contributed by atoms with E-state index in [0.29, 0.717) is 23.5 Å². The molecule has 1 N–H and O–H groups in total. The molecule has 0 spiro atoms. The van der Waals surface area contributed by atoms with Crippen LogP contribution in [0.5, 0.6) is 11.5 Å². The molecule has 1 rings (SSSR count). The van der Waals surface area contributed by atoms with Crippen molar-refractivity contribution in [3.05, 3.63) is 22.8 Å². The predicted molar refractivity (Wildman–Crippen MR) is 97.1 cm³/mol. The molecule has 0 unspecified atom stereocenters. The smallest absolute Gasteiger partial charge is 0.336 e. The summed E-state index contributed by atoms with van der Waals surface area (Å²) in [6.45, 7) is 14.3. The lowest BCUT2D eigenvalue weighted by molar-refractivity contribution is 0.0692. The first-order valence-electron chi connectivity index (χ1n) is 7.99. The predicted octanol–water partition coefficient (Wildman–Crippen LogP) is 4.53. The van der Waals surface area contributed by atoms with Gasteiger partial charge < -0.3 is 14.3 Å². The molecule has 5 nitrogen and oxygen atoms in total. The minimum absolute atomic E-state index is 0.0634. The van der Waals surface area contributed by atoms with Gasteiger partial charge in [-0.1, -0.05) is 27.7 Å². The third-order valence-electron chi connectivity index (χ3n) is 5.45. The van der Waals surface area contributed by atoms with E-state index in [9.17, 15) is 14.7 Å². The number of hydrogen-bond donors (Lipinski definition) is 1. The molecule has 0 heterocycles. The third-order valence-corrected chi connectivity index (χ3v) is 9.86. The normalized spacial score (nSPS) is 12.2. The number of rotatable bonds is 7. The number of aromatic carboxylic acids is 1. The van der Waals surface area contributed by atoms with Crippen LogP contribution in [-0.4, -0.2) is 32.8 Å². The second-order valence-electron chi connectivity index (χ2n) is 7.40. The van der Waals surface area contributed by atoms with Crippen molar-refractivity contribution in [2.45, 2.75) is 52.8 Å². The molecular formula is C18H28O5Si. The summed E-state index contributed by atoms with van der Waals surface area (Å²) >= 11 is 0. The standard InChI is InChI=1S/C18H28O5Si/c1-11(2)18(4,5)24(7,8)23-15-9-14(22-6)12(3)16(17(20)21)13(15)10-19/h9-11H,1-8H3,(H,20,21). The first-order chi connectivity index (χ1) is 10.9. The van der Waals surface area contributed by atoms with Crippen LogP contribution in [0.1, 0.15) is 54.0 Å². The van der Waals surface area contributed by atoms with Gasteiger partial charge in [-0.2, -0.15) is 0 Å². The fourth-order valence-corrected chi connectivity index (χ4v) is 4.92. The lowest BCUT2D eigenvalue weighted by Gasteiger charge is -2.42. The van der Waals surface area contributed by atoms with E-state index in [1.807, 2.05) is 0 Å². The number of carboxylic acids is 1. The molecule has 0 aliphatic rings. The molecule has 0 bridgehead atoms. The summed E-state index contributed by atoms with van der Waals surface area (Å²) in [5, 5.41) is 9.44. The van der Waals surface area contributed by atoms with Crippen molar-refractivity contribution in [1.82, 2.24) is 0 Å². The van der Waals surface area contributed by atoms with Crippen LogP contribution in [-0.2, 0) is 0 Å². The quantitative estimate of drug-likeness (QED) is 0.576. The molecule has 0 fully saturated rings. The number of benzene rings is 1. The molecule has 0 saturated heterocycles. The van der Waals surface area contributed by atoms with E-state index in [4.69, 9.17) is 9.16 Å². The maximum absolute atomic E-state index is 11.6. The monoisotopic (exact) mass is 352 g/mol. The molecule has 0 aromatic heterocycles. The van der Waals surface area contributed by atoms with Gasteiger partial charge in [0.2, 0.25) is 0 Å². The second kappa shape index (κ2) is 6.97. The van der Waals surface area contributed by atoms with Gasteiger partial charge in [-0.3, -0.25) is 4.79 Å². The Kier molecular flexibility index (Phi) is 5.87. The average Bonchev–Trinajstić information content (AvgIpc) is 2.46. The lowest BCUT2D eigenvalue weighted by Crippen LogP contribution is -2.48. The number of carbonyl (C=O) groups excluding carboxylic acids is 1. The zero-order valence-corrected chi connectivity index (χ0v) is 16.8. The van der Waals surface area contributed by atoms with Gasteiger partial charge in [0, 0.05) is 11.6 Å². The summed E-state index contributed by atoms with van der Waals surface area (Å²) in [5.74, 6) is -0.0959. The molecule has 6 heteroatoms. The first-order valence-corrected chi connectivity index (χ1v) is 10.9. The summed E-state index contributed by atoms with van der Waals surface area (Å²) in [7, 11) is -0.829. The van der Waals surface area contributed by atoms with Gasteiger partial charge in [-0.15, -0.1) is 0 Å². The van der Waals surface area contributed by atoms with E-state index in [1.165, 1.54) is 7.11 Å². The van der Waals surface area contributed by atoms with Crippen molar-refractivity contribution in [2.24, 2.45) is 5.92 Å². The van der Waals surface area contributed by atoms with E-state index in [-0.39, 0.29) is 21.9 Å². The van der Waals surface area contributed by atoms with Crippen molar-refractivity contribution in [2.75, 3.05) is 7.11 Å². The highest BCUT2D eigenvalue weighted by molar-refractivity contribution is 6.75. The van der Waals surface area contributed by atoms with Crippen LogP contribution >= 0.6 is 0 Å². The van der Waals surface area contributed by atoms with Crippen LogP contribution in [0.4, 0.5) is 0 Å². The van der Waals surface area contributed by atoms with E-state index in [2.05, 4.69) is 40.8 Å². The number of aldehydes is 1. The Morgan fingerprint density at radius 3 is 2.21 bits per heavy atom. The Labute approximate surface area is 145 Å². The van der Waals surface area contributed by atoms with E-state index >= 15 is 0 Å². The number of carbonyl (C=O) groups is 2. The summed E-state index contributed by atoms with van der Waals surface area (Å²) < 4.78 is 11.6. The fraction of sp³-hybridized carbons (Fsp3) is 0.556. The minimum Gasteiger partial charge on any atom is -0.543 e. The van der Waals surface area contributed by atoms with Crippen molar-refractivity contribution in [3.8, 4) is 11.5 Å². The molecule has 0 aliphatic heterocycles. The molecule has 1 aromatic carbocycles. The van der Waals surface area contributed by atoms with Gasteiger partial charge in [-0.25, -0.2) is 4.79 Å². The summed E-state index contributed by atoms with van der Waals surface area (Å²) in [6, 6.07) is 1.62. The Bertz CT molecular complexity index is 647. The summed E-state index contributed by atoms with van der Waals surface area (Å²) in [5.41, 5.74) is 0.425. The van der Waals surface area contributed by atoms with E-state index in [1.54, 1.807) is 13.0 Å². The van der Waals surface area contributed by atoms with Crippen molar-refractivity contribution in [3.63, 3.8) is 0 Å². The Balaban J connectivity index is 3.57. The highest BCUT2D eigenvalue weighted by Crippen LogP contribution is 2.46. The second-order valence-corrected chi connectivity index (χ2v) is 11.9. The zero-order valence-electron chi connectivity index (χ0n) is 15.8. The van der Waals surface area contributed by atoms with Gasteiger partial charge in [-0.05, 0) is 31.0 Å². The minimum atomic E-state index is -2.30. The number of methoxy groups -OCH3 is 1. The van der Waals surface area contributed by atoms with Crippen molar-refractivity contribution in [1.29, 1.82) is 0 Å². The fourth-order valence-electron chi connectivity index (χ4n) is 2.54. The van der Waals surface area contributed by atoms with Crippen LogP contribution in [0, 0.1) is 12.8 Å². The maximum atomic E-state index is 11.6. The third kappa shape index (κ3) is 3.48. The number of carboxylic acid groups (broad SMARTS) is 1. The highest BCUT2D eigenvalue weighted by atomic mass is 28.4. The molecule has 0 saturated carbocycles. The van der Waals surface area contributed by atoms with Crippen LogP contribution in [0.2, 0.25) is 18.1 Å². The molecular weight excluding hydrogens is 324 g/mol. The van der Waals surface area contributed by atoms with Crippen molar-refractivity contribution < 1.29 is 23.9 Å². The number of hydrogen-bond acceptors (Lipinski definition) is 4. The first kappa shape index (κ1) is 20.2. The largest absolute Gasteiger partial charge is 0.543 e. The Morgan fingerprint density at radius 2 is 1.83 bits per heavy atom. The maximum Gasteiger partial charge on any atom is 0.336 e. The number of ether oxygens (including phenoxy) is 1. The van der Waals surface area contributed by atoms with Crippen LogP contribution < -0.4 is 9.16 Å². The molecule has 134 valence electrons. The Morgan fingerprint density at radius 1 is 1.29 bits per heavy atom. The van der Waals surface area contributed by atoms with Gasteiger partial charge >= 0.3 is 5.97 Å². The Hall–Kier alpha value is -1.82. The molecule has 0 radical (unpaired) electrons. The molecule has 0 amide bonds. The topological polar surface area (TPSA) is 72.8 Å². The summed E-state index contributed by atoms with van der Waals surface area (Å²) in [4.78, 5) is 23.2. The lowest BCUT2D eigenvalue weighted by atomic mass is 9.99. The molecule has 24 heavy (non-hydrogen) atoms. The van der Waals surface area contributed by atoms with Gasteiger partial charge in [0.1, 0.15) is 11.5 Å². The van der Waals surface area contributed by atoms with Crippen molar-refractivity contribution >= 4 is 20.6 Å². The van der Waals surface area contributed by atoms with Gasteiger partial charge in [0.25, 0.3) is 8.32 Å². The SMILES string of the molecule is COc1cc(O[Si](C)(C)C(C)(C)C(C)C)c(C=O)c(C(=O)O)c1C. The van der Waals surface area contributed by atoms with E-state index < -0.39 is 14.3 Å². The molecule has 1 aromatic rings.